The number of esters is 1. The highest BCUT2D eigenvalue weighted by Gasteiger charge is 2.08. The molecule has 0 bridgehead atoms. The molecule has 1 aromatic heterocycles. The summed E-state index contributed by atoms with van der Waals surface area (Å²) in [5, 5.41) is 10.9. The first kappa shape index (κ1) is 16.6. The number of carbonyl (C=O) groups excluding carboxylic acids is 1. The standard InChI is InChI=1S/C18H18N4O3/c1-13-9-14(2)11-17(10-13)24-7-8-25-18(23)15-3-5-16(6-4-15)22-12-19-20-21-22/h3-6,9-12H,7-8H2,1-2H3. The summed E-state index contributed by atoms with van der Waals surface area (Å²) < 4.78 is 12.4. The van der Waals surface area contributed by atoms with Crippen molar-refractivity contribution in [3.63, 3.8) is 0 Å². The summed E-state index contributed by atoms with van der Waals surface area (Å²) >= 11 is 0. The van der Waals surface area contributed by atoms with Crippen LogP contribution < -0.4 is 4.74 Å². The summed E-state index contributed by atoms with van der Waals surface area (Å²) in [6.07, 6.45) is 1.48. The van der Waals surface area contributed by atoms with Gasteiger partial charge in [-0.05, 0) is 71.8 Å². The Kier molecular flexibility index (Phi) is 5.03. The number of nitrogens with zero attached hydrogens (tertiary/aromatic N) is 4. The molecule has 25 heavy (non-hydrogen) atoms. The highest BCUT2D eigenvalue weighted by Crippen LogP contribution is 2.16. The minimum Gasteiger partial charge on any atom is -0.490 e. The van der Waals surface area contributed by atoms with Gasteiger partial charge >= 0.3 is 5.97 Å². The molecule has 3 rings (SSSR count). The second-order valence-corrected chi connectivity index (χ2v) is 5.61. The lowest BCUT2D eigenvalue weighted by atomic mass is 10.1. The lowest BCUT2D eigenvalue weighted by Gasteiger charge is -2.09. The first-order valence-corrected chi connectivity index (χ1v) is 7.83. The van der Waals surface area contributed by atoms with Crippen molar-refractivity contribution in [2.75, 3.05) is 13.2 Å². The first-order valence-electron chi connectivity index (χ1n) is 7.83. The molecule has 7 nitrogen and oxygen atoms in total. The number of benzene rings is 2. The molecule has 0 spiro atoms. The SMILES string of the molecule is Cc1cc(C)cc(OCCOC(=O)c2ccc(-n3cnnn3)cc2)c1. The quantitative estimate of drug-likeness (QED) is 0.507. The number of ether oxygens (including phenoxy) is 2. The third-order valence-electron chi connectivity index (χ3n) is 3.50. The minimum absolute atomic E-state index is 0.181. The fraction of sp³-hybridized carbons (Fsp3) is 0.222. The van der Waals surface area contributed by atoms with Crippen LogP contribution in [0.1, 0.15) is 21.5 Å². The Morgan fingerprint density at radius 1 is 1.04 bits per heavy atom. The third-order valence-corrected chi connectivity index (χ3v) is 3.50. The summed E-state index contributed by atoms with van der Waals surface area (Å²) in [4.78, 5) is 12.0. The van der Waals surface area contributed by atoms with E-state index < -0.39 is 5.97 Å². The summed E-state index contributed by atoms with van der Waals surface area (Å²) in [7, 11) is 0. The molecule has 3 aromatic rings. The zero-order valence-corrected chi connectivity index (χ0v) is 14.0. The second-order valence-electron chi connectivity index (χ2n) is 5.61. The normalized spacial score (nSPS) is 10.5. The molecule has 0 N–H and O–H groups in total. The Balaban J connectivity index is 1.49. The Hall–Kier alpha value is -3.22. The highest BCUT2D eigenvalue weighted by atomic mass is 16.6. The third kappa shape index (κ3) is 4.41. The smallest absolute Gasteiger partial charge is 0.338 e. The van der Waals surface area contributed by atoms with Crippen LogP contribution >= 0.6 is 0 Å². The molecule has 0 unspecified atom stereocenters. The molecule has 1 heterocycles. The molecule has 0 amide bonds. The Bertz CT molecular complexity index is 825. The predicted octanol–water partition coefficient (Wildman–Crippen LogP) is 2.51. The molecule has 128 valence electrons. The molecule has 0 saturated carbocycles. The first-order chi connectivity index (χ1) is 12.1. The van der Waals surface area contributed by atoms with Gasteiger partial charge < -0.3 is 9.47 Å². The number of hydrogen-bond acceptors (Lipinski definition) is 6. The fourth-order valence-electron chi connectivity index (χ4n) is 2.42. The Morgan fingerprint density at radius 3 is 2.40 bits per heavy atom. The molecule has 2 aromatic carbocycles. The van der Waals surface area contributed by atoms with E-state index in [1.165, 1.54) is 11.0 Å². The van der Waals surface area contributed by atoms with Gasteiger partial charge in [0, 0.05) is 0 Å². The zero-order chi connectivity index (χ0) is 17.6. The van der Waals surface area contributed by atoms with Gasteiger partial charge in [-0.25, -0.2) is 9.48 Å². The Morgan fingerprint density at radius 2 is 1.76 bits per heavy atom. The monoisotopic (exact) mass is 338 g/mol. The number of rotatable bonds is 6. The number of carbonyl (C=O) groups is 1. The van der Waals surface area contributed by atoms with Gasteiger partial charge in [-0.2, -0.15) is 0 Å². The van der Waals surface area contributed by atoms with Crippen LogP contribution in [0.4, 0.5) is 0 Å². The van der Waals surface area contributed by atoms with Gasteiger partial charge in [0.25, 0.3) is 0 Å². The van der Waals surface area contributed by atoms with Crippen LogP contribution in [-0.2, 0) is 4.74 Å². The number of aryl methyl sites for hydroxylation is 2. The van der Waals surface area contributed by atoms with Crippen LogP contribution in [0.5, 0.6) is 5.75 Å². The van der Waals surface area contributed by atoms with Gasteiger partial charge in [0.15, 0.2) is 0 Å². The largest absolute Gasteiger partial charge is 0.490 e. The van der Waals surface area contributed by atoms with Crippen molar-refractivity contribution < 1.29 is 14.3 Å². The second kappa shape index (κ2) is 7.57. The van der Waals surface area contributed by atoms with E-state index in [4.69, 9.17) is 9.47 Å². The maximum absolute atomic E-state index is 12.0. The molecule has 0 radical (unpaired) electrons. The van der Waals surface area contributed by atoms with Gasteiger partial charge in [-0.1, -0.05) is 6.07 Å². The lowest BCUT2D eigenvalue weighted by Crippen LogP contribution is -2.12. The number of tetrazole rings is 1. The average Bonchev–Trinajstić information content (AvgIpc) is 3.12. The van der Waals surface area contributed by atoms with Crippen molar-refractivity contribution in [2.24, 2.45) is 0 Å². The van der Waals surface area contributed by atoms with Crippen molar-refractivity contribution in [3.8, 4) is 11.4 Å². The maximum atomic E-state index is 12.0. The molecule has 0 aliphatic rings. The average molecular weight is 338 g/mol. The summed E-state index contributed by atoms with van der Waals surface area (Å²) in [5.74, 6) is 0.381. The van der Waals surface area contributed by atoms with Crippen LogP contribution in [0.2, 0.25) is 0 Å². The van der Waals surface area contributed by atoms with Gasteiger partial charge in [0.05, 0.1) is 11.3 Å². The van der Waals surface area contributed by atoms with E-state index in [-0.39, 0.29) is 6.61 Å². The van der Waals surface area contributed by atoms with Gasteiger partial charge in [-0.3, -0.25) is 0 Å². The summed E-state index contributed by atoms with van der Waals surface area (Å²) in [6, 6.07) is 12.8. The fourth-order valence-corrected chi connectivity index (χ4v) is 2.42. The molecule has 0 atom stereocenters. The Labute approximate surface area is 145 Å². The van der Waals surface area contributed by atoms with Crippen molar-refractivity contribution >= 4 is 5.97 Å². The minimum atomic E-state index is -0.396. The molecule has 7 heteroatoms. The summed E-state index contributed by atoms with van der Waals surface area (Å²) in [5.41, 5.74) is 3.49. The van der Waals surface area contributed by atoms with E-state index in [1.807, 2.05) is 26.0 Å². The molecular weight excluding hydrogens is 320 g/mol. The number of aromatic nitrogens is 4. The molecule has 0 aliphatic heterocycles. The van der Waals surface area contributed by atoms with E-state index in [0.29, 0.717) is 12.2 Å². The molecular formula is C18H18N4O3. The van der Waals surface area contributed by atoms with Crippen molar-refractivity contribution in [1.29, 1.82) is 0 Å². The van der Waals surface area contributed by atoms with Crippen LogP contribution in [0.15, 0.2) is 48.8 Å². The zero-order valence-electron chi connectivity index (χ0n) is 14.0. The van der Waals surface area contributed by atoms with E-state index >= 15 is 0 Å². The predicted molar refractivity (Wildman–Crippen MR) is 90.8 cm³/mol. The van der Waals surface area contributed by atoms with E-state index in [1.54, 1.807) is 24.3 Å². The topological polar surface area (TPSA) is 79.1 Å². The molecule has 0 aliphatic carbocycles. The number of hydrogen-bond donors (Lipinski definition) is 0. The van der Waals surface area contributed by atoms with Crippen molar-refractivity contribution in [2.45, 2.75) is 13.8 Å². The van der Waals surface area contributed by atoms with E-state index in [0.717, 1.165) is 22.6 Å². The van der Waals surface area contributed by atoms with Crippen LogP contribution in [-0.4, -0.2) is 39.4 Å². The molecule has 0 saturated heterocycles. The van der Waals surface area contributed by atoms with Crippen molar-refractivity contribution in [3.05, 3.63) is 65.5 Å². The van der Waals surface area contributed by atoms with Gasteiger partial charge in [0.1, 0.15) is 25.3 Å². The van der Waals surface area contributed by atoms with Crippen LogP contribution in [0.3, 0.4) is 0 Å². The van der Waals surface area contributed by atoms with Crippen LogP contribution in [0.25, 0.3) is 5.69 Å². The molecule has 0 fully saturated rings. The maximum Gasteiger partial charge on any atom is 0.338 e. The highest BCUT2D eigenvalue weighted by molar-refractivity contribution is 5.89. The lowest BCUT2D eigenvalue weighted by molar-refractivity contribution is 0.0450. The van der Waals surface area contributed by atoms with E-state index in [2.05, 4.69) is 21.6 Å². The van der Waals surface area contributed by atoms with Crippen LogP contribution in [0, 0.1) is 13.8 Å². The summed E-state index contributed by atoms with van der Waals surface area (Å²) in [6.45, 7) is 4.51. The van der Waals surface area contributed by atoms with Gasteiger partial charge in [-0.15, -0.1) is 5.10 Å². The van der Waals surface area contributed by atoms with Crippen molar-refractivity contribution in [1.82, 2.24) is 20.2 Å². The van der Waals surface area contributed by atoms with Gasteiger partial charge in [0.2, 0.25) is 0 Å². The van der Waals surface area contributed by atoms with E-state index in [9.17, 15) is 4.79 Å².